The van der Waals surface area contributed by atoms with E-state index in [-0.39, 0.29) is 5.54 Å². The van der Waals surface area contributed by atoms with Crippen LogP contribution in [0, 0.1) is 0 Å². The van der Waals surface area contributed by atoms with Crippen LogP contribution in [0.2, 0.25) is 0 Å². The van der Waals surface area contributed by atoms with E-state index in [4.69, 9.17) is 11.6 Å². The Labute approximate surface area is 136 Å². The minimum atomic E-state index is -3.40. The summed E-state index contributed by atoms with van der Waals surface area (Å²) in [5.41, 5.74) is -0.00194. The molecule has 0 aromatic carbocycles. The number of hydrogen-bond donors (Lipinski definition) is 0. The number of aryl methyl sites for hydroxylation is 1. The van der Waals surface area contributed by atoms with Gasteiger partial charge < -0.3 is 4.90 Å². The molecule has 0 unspecified atom stereocenters. The molecule has 1 aliphatic carbocycles. The third-order valence-corrected chi connectivity index (χ3v) is 8.00. The van der Waals surface area contributed by atoms with Crippen LogP contribution in [0.3, 0.4) is 0 Å². The van der Waals surface area contributed by atoms with Crippen LogP contribution in [0.1, 0.15) is 24.1 Å². The smallest absolute Gasteiger partial charge is 0.252 e. The van der Waals surface area contributed by atoms with Gasteiger partial charge >= 0.3 is 0 Å². The van der Waals surface area contributed by atoms with Gasteiger partial charge in [0, 0.05) is 29.9 Å². The van der Waals surface area contributed by atoms with Crippen LogP contribution in [-0.2, 0) is 16.4 Å². The van der Waals surface area contributed by atoms with Gasteiger partial charge in [-0.2, -0.15) is 4.31 Å². The maximum Gasteiger partial charge on any atom is 0.252 e. The van der Waals surface area contributed by atoms with E-state index in [1.165, 1.54) is 22.1 Å². The zero-order chi connectivity index (χ0) is 15.7. The molecule has 0 bridgehead atoms. The van der Waals surface area contributed by atoms with Crippen molar-refractivity contribution in [2.45, 2.75) is 35.4 Å². The third-order valence-electron chi connectivity index (χ3n) is 4.39. The summed E-state index contributed by atoms with van der Waals surface area (Å²) in [6, 6.07) is 3.56. The van der Waals surface area contributed by atoms with Crippen LogP contribution in [0.5, 0.6) is 0 Å². The topological polar surface area (TPSA) is 40.6 Å². The van der Waals surface area contributed by atoms with Gasteiger partial charge in [-0.1, -0.05) is 0 Å². The fraction of sp³-hybridized carbons (Fsp3) is 0.714. The molecule has 2 rings (SSSR count). The Hall–Kier alpha value is -0.140. The van der Waals surface area contributed by atoms with Gasteiger partial charge in [0.15, 0.2) is 0 Å². The highest BCUT2D eigenvalue weighted by molar-refractivity contribution is 7.91. The van der Waals surface area contributed by atoms with Crippen LogP contribution in [0.25, 0.3) is 0 Å². The van der Waals surface area contributed by atoms with Crippen molar-refractivity contribution in [2.75, 3.05) is 33.6 Å². The van der Waals surface area contributed by atoms with E-state index in [2.05, 4.69) is 4.90 Å². The molecule has 0 atom stereocenters. The average molecular weight is 351 g/mol. The lowest BCUT2D eigenvalue weighted by molar-refractivity contribution is 0.0455. The molecule has 0 saturated heterocycles. The highest BCUT2D eigenvalue weighted by Gasteiger charge is 2.42. The van der Waals surface area contributed by atoms with Crippen LogP contribution < -0.4 is 0 Å². The summed E-state index contributed by atoms with van der Waals surface area (Å²) in [4.78, 5) is 3.18. The predicted octanol–water partition coefficient (Wildman–Crippen LogP) is 2.63. The number of thiophene rings is 1. The van der Waals surface area contributed by atoms with Gasteiger partial charge in [0.1, 0.15) is 4.21 Å². The molecule has 0 amide bonds. The van der Waals surface area contributed by atoms with Crippen LogP contribution in [-0.4, -0.2) is 56.7 Å². The lowest BCUT2D eigenvalue weighted by Crippen LogP contribution is -2.57. The number of likely N-dealkylation sites (N-methyl/N-ethyl adjacent to an activating group) is 2. The normalized spacial score (nSPS) is 18.2. The molecule has 0 spiro atoms. The number of rotatable bonds is 7. The van der Waals surface area contributed by atoms with Crippen molar-refractivity contribution in [3.05, 3.63) is 17.0 Å². The predicted molar refractivity (Wildman–Crippen MR) is 88.8 cm³/mol. The van der Waals surface area contributed by atoms with Gasteiger partial charge in [-0.3, -0.25) is 0 Å². The van der Waals surface area contributed by atoms with Crippen LogP contribution in [0.15, 0.2) is 16.3 Å². The Morgan fingerprint density at radius 2 is 1.95 bits per heavy atom. The van der Waals surface area contributed by atoms with Crippen LogP contribution in [0.4, 0.5) is 0 Å². The monoisotopic (exact) mass is 350 g/mol. The molecular formula is C14H23ClN2O2S2. The maximum atomic E-state index is 12.7. The molecule has 1 saturated carbocycles. The molecule has 1 heterocycles. The minimum absolute atomic E-state index is 0.00194. The maximum absolute atomic E-state index is 12.7. The van der Waals surface area contributed by atoms with E-state index < -0.39 is 10.0 Å². The van der Waals surface area contributed by atoms with Crippen molar-refractivity contribution < 1.29 is 8.42 Å². The Morgan fingerprint density at radius 3 is 2.43 bits per heavy atom. The second-order valence-corrected chi connectivity index (χ2v) is 9.71. The average Bonchev–Trinajstić information content (AvgIpc) is 2.82. The van der Waals surface area contributed by atoms with E-state index in [1.807, 2.05) is 20.2 Å². The zero-order valence-corrected chi connectivity index (χ0v) is 15.2. The van der Waals surface area contributed by atoms with E-state index in [0.717, 1.165) is 17.7 Å². The number of nitrogens with zero attached hydrogens (tertiary/aromatic N) is 2. The Bertz CT molecular complexity index is 580. The Balaban J connectivity index is 2.14. The lowest BCUT2D eigenvalue weighted by Gasteiger charge is -2.48. The first kappa shape index (κ1) is 17.2. The molecular weight excluding hydrogens is 328 g/mol. The lowest BCUT2D eigenvalue weighted by atomic mass is 9.75. The molecule has 0 aliphatic heterocycles. The largest absolute Gasteiger partial charge is 0.302 e. The molecule has 1 fully saturated rings. The number of halogens is 1. The van der Waals surface area contributed by atoms with Crippen molar-refractivity contribution in [3.63, 3.8) is 0 Å². The van der Waals surface area contributed by atoms with Gasteiger partial charge in [0.05, 0.1) is 0 Å². The van der Waals surface area contributed by atoms with Gasteiger partial charge in [0.25, 0.3) is 10.0 Å². The number of hydrogen-bond acceptors (Lipinski definition) is 4. The summed E-state index contributed by atoms with van der Waals surface area (Å²) in [5.74, 6) is 0.513. The highest BCUT2D eigenvalue weighted by Crippen LogP contribution is 2.38. The van der Waals surface area contributed by atoms with E-state index in [1.54, 1.807) is 13.1 Å². The molecule has 7 heteroatoms. The fourth-order valence-corrected chi connectivity index (χ4v) is 5.84. The highest BCUT2D eigenvalue weighted by atomic mass is 35.5. The zero-order valence-electron chi connectivity index (χ0n) is 12.8. The molecule has 0 N–H and O–H groups in total. The molecule has 0 radical (unpaired) electrons. The molecule has 120 valence electrons. The first-order valence-corrected chi connectivity index (χ1v) is 9.89. The Morgan fingerprint density at radius 1 is 1.29 bits per heavy atom. The van der Waals surface area contributed by atoms with Crippen molar-refractivity contribution in [1.29, 1.82) is 0 Å². The van der Waals surface area contributed by atoms with Gasteiger partial charge in [-0.25, -0.2) is 8.42 Å². The first-order chi connectivity index (χ1) is 9.82. The third kappa shape index (κ3) is 3.45. The minimum Gasteiger partial charge on any atom is -0.302 e. The second kappa shape index (κ2) is 6.54. The van der Waals surface area contributed by atoms with Gasteiger partial charge in [-0.15, -0.1) is 22.9 Å². The summed E-state index contributed by atoms with van der Waals surface area (Å²) in [6.45, 7) is 0.547. The molecule has 4 nitrogen and oxygen atoms in total. The van der Waals surface area contributed by atoms with E-state index in [9.17, 15) is 8.42 Å². The van der Waals surface area contributed by atoms with Crippen molar-refractivity contribution in [2.24, 2.45) is 0 Å². The van der Waals surface area contributed by atoms with Gasteiger partial charge in [-0.05, 0) is 51.9 Å². The number of sulfonamides is 1. The Kier molecular flexibility index (Phi) is 5.36. The summed E-state index contributed by atoms with van der Waals surface area (Å²) >= 11 is 7.04. The van der Waals surface area contributed by atoms with Crippen molar-refractivity contribution >= 4 is 33.0 Å². The van der Waals surface area contributed by atoms with E-state index >= 15 is 0 Å². The summed E-state index contributed by atoms with van der Waals surface area (Å²) in [6.07, 6.45) is 4.00. The number of alkyl halides is 1. The van der Waals surface area contributed by atoms with Crippen molar-refractivity contribution in [3.8, 4) is 0 Å². The van der Waals surface area contributed by atoms with Crippen molar-refractivity contribution in [1.82, 2.24) is 9.21 Å². The molecule has 21 heavy (non-hydrogen) atoms. The summed E-state index contributed by atoms with van der Waals surface area (Å²) < 4.78 is 27.3. The second-order valence-electron chi connectivity index (χ2n) is 5.89. The fourth-order valence-electron chi connectivity index (χ4n) is 2.71. The standard InChI is InChI=1S/C14H23ClN2O2S2/c1-16(2)14(8-4-9-14)11-17(3)21(18,19)13-6-5-12(20-13)7-10-15/h5-6H,4,7-11H2,1-3H3. The summed E-state index contributed by atoms with van der Waals surface area (Å²) in [5, 5.41) is 0. The van der Waals surface area contributed by atoms with E-state index in [0.29, 0.717) is 23.1 Å². The van der Waals surface area contributed by atoms with Gasteiger partial charge in [0.2, 0.25) is 0 Å². The summed E-state index contributed by atoms with van der Waals surface area (Å²) in [7, 11) is 2.35. The first-order valence-electron chi connectivity index (χ1n) is 7.10. The molecule has 1 aliphatic rings. The molecule has 1 aromatic heterocycles. The quantitative estimate of drug-likeness (QED) is 0.710. The van der Waals surface area contributed by atoms with Crippen LogP contribution >= 0.6 is 22.9 Å². The SMILES string of the molecule is CN(C)C1(CN(C)S(=O)(=O)c2ccc(CCCl)s2)CCC1. The molecule has 1 aromatic rings.